The number of amides is 1. The normalized spacial score (nSPS) is 19.6. The second kappa shape index (κ2) is 10.3. The Morgan fingerprint density at radius 1 is 1.24 bits per heavy atom. The molecule has 0 atom stereocenters. The summed E-state index contributed by atoms with van der Waals surface area (Å²) in [7, 11) is 2.19. The summed E-state index contributed by atoms with van der Waals surface area (Å²) in [6.07, 6.45) is 5.88. The average Bonchev–Trinajstić information content (AvgIpc) is 3.10. The lowest BCUT2D eigenvalue weighted by atomic mass is 9.84. The lowest BCUT2D eigenvalue weighted by molar-refractivity contribution is -0.119. The van der Waals surface area contributed by atoms with Gasteiger partial charge in [0.2, 0.25) is 5.91 Å². The molecule has 0 aliphatic heterocycles. The molecule has 6 nitrogen and oxygen atoms in total. The van der Waals surface area contributed by atoms with Crippen LogP contribution in [0.1, 0.15) is 46.0 Å². The van der Waals surface area contributed by atoms with E-state index in [0.717, 1.165) is 61.7 Å². The Bertz CT molecular complexity index is 801. The van der Waals surface area contributed by atoms with Crippen LogP contribution in [0.15, 0.2) is 22.7 Å². The van der Waals surface area contributed by atoms with E-state index in [1.807, 2.05) is 18.2 Å². The summed E-state index contributed by atoms with van der Waals surface area (Å²) in [4.78, 5) is 15.9. The van der Waals surface area contributed by atoms with Crippen LogP contribution in [0.5, 0.6) is 0 Å². The van der Waals surface area contributed by atoms with Gasteiger partial charge in [0.25, 0.3) is 0 Å². The van der Waals surface area contributed by atoms with Gasteiger partial charge in [0.05, 0.1) is 5.39 Å². The third-order valence-corrected chi connectivity index (χ3v) is 6.26. The molecule has 1 heterocycles. The summed E-state index contributed by atoms with van der Waals surface area (Å²) in [6, 6.07) is 6.05. The minimum atomic E-state index is 0.0941. The summed E-state index contributed by atoms with van der Waals surface area (Å²) >= 11 is 6.05. The number of hydrogen-bond donors (Lipinski definition) is 1. The molecule has 2 aromatic rings. The van der Waals surface area contributed by atoms with Gasteiger partial charge in [0.1, 0.15) is 0 Å². The third-order valence-electron chi connectivity index (χ3n) is 6.02. The molecule has 1 aliphatic rings. The fraction of sp³-hybridized carbons (Fsp3) is 0.636. The number of carbonyl (C=O) groups is 1. The van der Waals surface area contributed by atoms with Crippen molar-refractivity contribution in [2.75, 3.05) is 38.1 Å². The van der Waals surface area contributed by atoms with Gasteiger partial charge >= 0.3 is 0 Å². The van der Waals surface area contributed by atoms with Gasteiger partial charge in [-0.05, 0) is 70.7 Å². The highest BCUT2D eigenvalue weighted by atomic mass is 35.5. The van der Waals surface area contributed by atoms with Crippen molar-refractivity contribution >= 4 is 34.3 Å². The van der Waals surface area contributed by atoms with E-state index in [-0.39, 0.29) is 5.91 Å². The summed E-state index contributed by atoms with van der Waals surface area (Å²) in [5.74, 6) is 1.76. The molecule has 1 N–H and O–H groups in total. The molecule has 29 heavy (non-hydrogen) atoms. The highest BCUT2D eigenvalue weighted by Gasteiger charge is 2.22. The zero-order valence-electron chi connectivity index (χ0n) is 17.8. The Morgan fingerprint density at radius 2 is 2.00 bits per heavy atom. The smallest absolute Gasteiger partial charge is 0.217 e. The Kier molecular flexibility index (Phi) is 7.78. The van der Waals surface area contributed by atoms with E-state index in [4.69, 9.17) is 16.1 Å². The van der Waals surface area contributed by atoms with Gasteiger partial charge in [0.15, 0.2) is 11.4 Å². The number of anilines is 1. The molecule has 7 heteroatoms. The van der Waals surface area contributed by atoms with E-state index in [1.54, 1.807) is 6.92 Å². The average molecular weight is 421 g/mol. The standard InChI is InChI=1S/C22H33ClN4O2/c1-4-27(22-20-10-7-18(23)15-21(20)29-25-22)14-13-26(3)12-11-17-5-8-19(9-6-17)24-16(2)28/h7,10,15,17,19H,4-6,8-9,11-14H2,1-3H3,(H,24,28)/t17-,19-. The molecule has 0 spiro atoms. The number of nitrogens with one attached hydrogen (secondary N) is 1. The second-order valence-corrected chi connectivity index (χ2v) is 8.67. The van der Waals surface area contributed by atoms with Crippen molar-refractivity contribution < 1.29 is 9.32 Å². The predicted octanol–water partition coefficient (Wildman–Crippen LogP) is 4.32. The van der Waals surface area contributed by atoms with E-state index in [2.05, 4.69) is 34.2 Å². The Labute approximate surface area is 178 Å². The van der Waals surface area contributed by atoms with E-state index in [9.17, 15) is 4.79 Å². The van der Waals surface area contributed by atoms with E-state index < -0.39 is 0 Å². The molecule has 1 aromatic carbocycles. The molecule has 1 fully saturated rings. The van der Waals surface area contributed by atoms with Crippen LogP contribution in [-0.4, -0.2) is 55.2 Å². The van der Waals surface area contributed by atoms with Crippen LogP contribution in [0.4, 0.5) is 5.82 Å². The van der Waals surface area contributed by atoms with Gasteiger partial charge in [0, 0.05) is 43.7 Å². The molecule has 0 bridgehead atoms. The molecule has 0 unspecified atom stereocenters. The highest BCUT2D eigenvalue weighted by molar-refractivity contribution is 6.31. The minimum Gasteiger partial charge on any atom is -0.354 e. The summed E-state index contributed by atoms with van der Waals surface area (Å²) in [5.41, 5.74) is 0.731. The van der Waals surface area contributed by atoms with E-state index in [1.165, 1.54) is 19.3 Å². The predicted molar refractivity (Wildman–Crippen MR) is 119 cm³/mol. The fourth-order valence-electron chi connectivity index (χ4n) is 4.23. The van der Waals surface area contributed by atoms with Crippen LogP contribution in [0.25, 0.3) is 11.0 Å². The van der Waals surface area contributed by atoms with Gasteiger partial charge in [-0.1, -0.05) is 16.8 Å². The van der Waals surface area contributed by atoms with Crippen molar-refractivity contribution in [1.29, 1.82) is 0 Å². The van der Waals surface area contributed by atoms with Crippen molar-refractivity contribution in [1.82, 2.24) is 15.4 Å². The molecular formula is C22H33ClN4O2. The maximum absolute atomic E-state index is 11.2. The van der Waals surface area contributed by atoms with Crippen molar-refractivity contribution in [3.05, 3.63) is 23.2 Å². The van der Waals surface area contributed by atoms with Crippen molar-refractivity contribution in [2.45, 2.75) is 52.0 Å². The number of rotatable bonds is 9. The topological polar surface area (TPSA) is 61.6 Å². The summed E-state index contributed by atoms with van der Waals surface area (Å²) < 4.78 is 5.46. The lowest BCUT2D eigenvalue weighted by Gasteiger charge is -2.30. The number of carbonyl (C=O) groups excluding carboxylic acids is 1. The summed E-state index contributed by atoms with van der Waals surface area (Å²) in [5, 5.41) is 9.01. The fourth-order valence-corrected chi connectivity index (χ4v) is 4.39. The first-order chi connectivity index (χ1) is 14.0. The lowest BCUT2D eigenvalue weighted by Crippen LogP contribution is -2.37. The van der Waals surface area contributed by atoms with Crippen molar-refractivity contribution in [2.24, 2.45) is 5.92 Å². The van der Waals surface area contributed by atoms with Gasteiger partial charge in [-0.15, -0.1) is 0 Å². The second-order valence-electron chi connectivity index (χ2n) is 8.24. The number of fused-ring (bicyclic) bond motifs is 1. The maximum Gasteiger partial charge on any atom is 0.217 e. The number of halogens is 1. The number of hydrogen-bond acceptors (Lipinski definition) is 5. The summed E-state index contributed by atoms with van der Waals surface area (Å²) in [6.45, 7) is 7.62. The van der Waals surface area contributed by atoms with Crippen LogP contribution in [-0.2, 0) is 4.79 Å². The molecule has 0 radical (unpaired) electrons. The minimum absolute atomic E-state index is 0.0941. The first kappa shape index (κ1) is 21.9. The largest absolute Gasteiger partial charge is 0.354 e. The van der Waals surface area contributed by atoms with Crippen molar-refractivity contribution in [3.8, 4) is 0 Å². The number of aromatic nitrogens is 1. The van der Waals surface area contributed by atoms with Crippen LogP contribution in [0.2, 0.25) is 5.02 Å². The van der Waals surface area contributed by atoms with Crippen LogP contribution in [0.3, 0.4) is 0 Å². The highest BCUT2D eigenvalue weighted by Crippen LogP contribution is 2.29. The molecule has 160 valence electrons. The number of likely N-dealkylation sites (N-methyl/N-ethyl adjacent to an activating group) is 2. The Hall–Kier alpha value is -1.79. The van der Waals surface area contributed by atoms with E-state index in [0.29, 0.717) is 11.1 Å². The van der Waals surface area contributed by atoms with Crippen LogP contribution < -0.4 is 10.2 Å². The SMILES string of the molecule is CCN(CCN(C)CC[C@H]1CC[C@H](NC(C)=O)CC1)c1noc2cc(Cl)ccc12. The monoisotopic (exact) mass is 420 g/mol. The van der Waals surface area contributed by atoms with Gasteiger partial charge in [-0.2, -0.15) is 0 Å². The van der Waals surface area contributed by atoms with E-state index >= 15 is 0 Å². The molecular weight excluding hydrogens is 388 g/mol. The zero-order chi connectivity index (χ0) is 20.8. The first-order valence-corrected chi connectivity index (χ1v) is 11.1. The van der Waals surface area contributed by atoms with Crippen LogP contribution >= 0.6 is 11.6 Å². The molecule has 1 amide bonds. The number of benzene rings is 1. The first-order valence-electron chi connectivity index (χ1n) is 10.7. The third kappa shape index (κ3) is 6.09. The molecule has 1 aliphatic carbocycles. The Morgan fingerprint density at radius 3 is 2.69 bits per heavy atom. The quantitative estimate of drug-likeness (QED) is 0.654. The number of nitrogens with zero attached hydrogens (tertiary/aromatic N) is 3. The molecule has 1 aromatic heterocycles. The van der Waals surface area contributed by atoms with Gasteiger partial charge in [-0.3, -0.25) is 4.79 Å². The molecule has 0 saturated heterocycles. The zero-order valence-corrected chi connectivity index (χ0v) is 18.5. The van der Waals surface area contributed by atoms with Gasteiger partial charge in [-0.25, -0.2) is 0 Å². The maximum atomic E-state index is 11.2. The molecule has 3 rings (SSSR count). The van der Waals surface area contributed by atoms with Crippen LogP contribution in [0, 0.1) is 5.92 Å². The molecule has 1 saturated carbocycles. The Balaban J connectivity index is 1.43. The van der Waals surface area contributed by atoms with Crippen molar-refractivity contribution in [3.63, 3.8) is 0 Å². The van der Waals surface area contributed by atoms with Gasteiger partial charge < -0.3 is 19.6 Å².